The molecule has 21 heavy (non-hydrogen) atoms. The van der Waals surface area contributed by atoms with Crippen LogP contribution in [0.15, 0.2) is 12.1 Å². The highest BCUT2D eigenvalue weighted by molar-refractivity contribution is 5.74. The van der Waals surface area contributed by atoms with E-state index in [1.54, 1.807) is 0 Å². The molecule has 1 aliphatic carbocycles. The minimum absolute atomic E-state index is 0.0812. The fourth-order valence-corrected chi connectivity index (χ4v) is 2.72. The summed E-state index contributed by atoms with van der Waals surface area (Å²) in [5, 5.41) is 5.85. The van der Waals surface area contributed by atoms with Gasteiger partial charge in [-0.15, -0.1) is 0 Å². The monoisotopic (exact) mass is 290 g/mol. The van der Waals surface area contributed by atoms with Gasteiger partial charge < -0.3 is 15.4 Å². The second-order valence-electron chi connectivity index (χ2n) is 5.93. The number of amides is 2. The van der Waals surface area contributed by atoms with Gasteiger partial charge in [0.2, 0.25) is 0 Å². The molecule has 116 valence electrons. The Hall–Kier alpha value is -1.71. The van der Waals surface area contributed by atoms with Crippen molar-refractivity contribution in [2.75, 3.05) is 13.2 Å². The predicted octanol–water partition coefficient (Wildman–Crippen LogP) is 3.23. The van der Waals surface area contributed by atoms with Crippen molar-refractivity contribution in [3.05, 3.63) is 28.8 Å². The zero-order chi connectivity index (χ0) is 15.2. The van der Waals surface area contributed by atoms with Crippen molar-refractivity contribution in [2.24, 2.45) is 0 Å². The number of aryl methyl sites for hydroxylation is 3. The maximum absolute atomic E-state index is 11.7. The minimum Gasteiger partial charge on any atom is -0.491 e. The van der Waals surface area contributed by atoms with E-state index in [1.165, 1.54) is 24.0 Å². The van der Waals surface area contributed by atoms with E-state index in [0.29, 0.717) is 19.2 Å². The lowest BCUT2D eigenvalue weighted by atomic mass is 10.1. The molecule has 1 saturated carbocycles. The summed E-state index contributed by atoms with van der Waals surface area (Å²) in [6.45, 7) is 7.23. The number of ether oxygens (including phenoxy) is 1. The molecule has 0 heterocycles. The Morgan fingerprint density at radius 1 is 1.14 bits per heavy atom. The summed E-state index contributed by atoms with van der Waals surface area (Å²) in [6, 6.07) is 4.46. The fraction of sp³-hybridized carbons (Fsp3) is 0.588. The average molecular weight is 290 g/mol. The molecule has 2 rings (SSSR count). The molecule has 0 radical (unpaired) electrons. The van der Waals surface area contributed by atoms with E-state index in [2.05, 4.69) is 36.6 Å². The van der Waals surface area contributed by atoms with E-state index < -0.39 is 0 Å². The molecule has 0 bridgehead atoms. The van der Waals surface area contributed by atoms with Gasteiger partial charge in [-0.25, -0.2) is 4.79 Å². The third-order valence-electron chi connectivity index (χ3n) is 4.13. The van der Waals surface area contributed by atoms with Gasteiger partial charge in [-0.2, -0.15) is 0 Å². The van der Waals surface area contributed by atoms with Crippen molar-refractivity contribution >= 4 is 6.03 Å². The molecule has 4 heteroatoms. The quantitative estimate of drug-likeness (QED) is 0.818. The molecule has 0 spiro atoms. The van der Waals surface area contributed by atoms with E-state index in [9.17, 15) is 4.79 Å². The van der Waals surface area contributed by atoms with E-state index in [1.807, 2.05) is 6.92 Å². The van der Waals surface area contributed by atoms with Crippen LogP contribution in [0, 0.1) is 20.8 Å². The Balaban J connectivity index is 1.69. The van der Waals surface area contributed by atoms with Crippen LogP contribution in [0.25, 0.3) is 0 Å². The molecule has 2 N–H and O–H groups in total. The van der Waals surface area contributed by atoms with Gasteiger partial charge in [-0.1, -0.05) is 18.9 Å². The van der Waals surface area contributed by atoms with Gasteiger partial charge >= 0.3 is 6.03 Å². The van der Waals surface area contributed by atoms with Crippen molar-refractivity contribution in [2.45, 2.75) is 52.5 Å². The van der Waals surface area contributed by atoms with Crippen LogP contribution in [0.2, 0.25) is 0 Å². The minimum atomic E-state index is -0.0812. The van der Waals surface area contributed by atoms with Crippen molar-refractivity contribution in [3.63, 3.8) is 0 Å². The highest BCUT2D eigenvalue weighted by Gasteiger charge is 2.16. The molecule has 4 nitrogen and oxygen atoms in total. The number of hydrogen-bond acceptors (Lipinski definition) is 2. The highest BCUT2D eigenvalue weighted by atomic mass is 16.5. The first kappa shape index (κ1) is 15.7. The number of carbonyl (C=O) groups is 1. The van der Waals surface area contributed by atoms with Crippen LogP contribution in [-0.4, -0.2) is 25.2 Å². The molecule has 1 aromatic carbocycles. The molecule has 1 fully saturated rings. The predicted molar refractivity (Wildman–Crippen MR) is 84.9 cm³/mol. The molecular weight excluding hydrogens is 264 g/mol. The van der Waals surface area contributed by atoms with Gasteiger partial charge in [0.15, 0.2) is 0 Å². The number of rotatable bonds is 5. The standard InChI is InChI=1S/C17H26N2O2/c1-12-10-14(3)16(11-13(12)2)21-9-8-18-17(20)19-15-6-4-5-7-15/h10-11,15H,4-9H2,1-3H3,(H2,18,19,20). The summed E-state index contributed by atoms with van der Waals surface area (Å²) in [5.74, 6) is 0.899. The second-order valence-corrected chi connectivity index (χ2v) is 5.93. The van der Waals surface area contributed by atoms with E-state index in [4.69, 9.17) is 4.74 Å². The first-order valence-electron chi connectivity index (χ1n) is 7.81. The Labute approximate surface area is 127 Å². The molecule has 0 atom stereocenters. The van der Waals surface area contributed by atoms with Crippen molar-refractivity contribution in [1.29, 1.82) is 0 Å². The van der Waals surface area contributed by atoms with Crippen molar-refractivity contribution in [1.82, 2.24) is 10.6 Å². The van der Waals surface area contributed by atoms with Crippen molar-refractivity contribution in [3.8, 4) is 5.75 Å². The van der Waals surface area contributed by atoms with Gasteiger partial charge in [0.1, 0.15) is 12.4 Å². The summed E-state index contributed by atoms with van der Waals surface area (Å²) in [4.78, 5) is 11.7. The molecule has 0 saturated heterocycles. The maximum Gasteiger partial charge on any atom is 0.315 e. The Bertz CT molecular complexity index is 494. The SMILES string of the molecule is Cc1cc(C)c(OCCNC(=O)NC2CCCC2)cc1C. The highest BCUT2D eigenvalue weighted by Crippen LogP contribution is 2.22. The second kappa shape index (κ2) is 7.34. The molecule has 0 unspecified atom stereocenters. The largest absolute Gasteiger partial charge is 0.491 e. The Morgan fingerprint density at radius 3 is 2.52 bits per heavy atom. The third kappa shape index (κ3) is 4.66. The first-order chi connectivity index (χ1) is 10.1. The van der Waals surface area contributed by atoms with Gasteiger partial charge in [0.25, 0.3) is 0 Å². The van der Waals surface area contributed by atoms with Crippen LogP contribution in [0.4, 0.5) is 4.79 Å². The van der Waals surface area contributed by atoms with Crippen LogP contribution in [0.3, 0.4) is 0 Å². The average Bonchev–Trinajstić information content (AvgIpc) is 2.93. The smallest absolute Gasteiger partial charge is 0.315 e. The lowest BCUT2D eigenvalue weighted by Gasteiger charge is -2.14. The van der Waals surface area contributed by atoms with E-state index >= 15 is 0 Å². The topological polar surface area (TPSA) is 50.4 Å². The number of carbonyl (C=O) groups excluding carboxylic acids is 1. The number of urea groups is 1. The number of benzene rings is 1. The van der Waals surface area contributed by atoms with Gasteiger partial charge in [-0.05, 0) is 56.4 Å². The van der Waals surface area contributed by atoms with Gasteiger partial charge in [0.05, 0.1) is 6.54 Å². The van der Waals surface area contributed by atoms with E-state index in [-0.39, 0.29) is 6.03 Å². The fourth-order valence-electron chi connectivity index (χ4n) is 2.72. The Morgan fingerprint density at radius 2 is 1.81 bits per heavy atom. The van der Waals surface area contributed by atoms with Gasteiger partial charge in [-0.3, -0.25) is 0 Å². The lowest BCUT2D eigenvalue weighted by Crippen LogP contribution is -2.42. The summed E-state index contributed by atoms with van der Waals surface area (Å²) >= 11 is 0. The molecule has 1 aliphatic rings. The molecule has 0 aliphatic heterocycles. The normalized spacial score (nSPS) is 15.0. The first-order valence-corrected chi connectivity index (χ1v) is 7.81. The van der Waals surface area contributed by atoms with Crippen LogP contribution in [0.1, 0.15) is 42.4 Å². The Kier molecular flexibility index (Phi) is 5.48. The number of hydrogen-bond donors (Lipinski definition) is 2. The zero-order valence-electron chi connectivity index (χ0n) is 13.3. The van der Waals surface area contributed by atoms with Crippen LogP contribution < -0.4 is 15.4 Å². The molecule has 2 amide bonds. The molecule has 0 aromatic heterocycles. The lowest BCUT2D eigenvalue weighted by molar-refractivity contribution is 0.232. The summed E-state index contributed by atoms with van der Waals surface area (Å²) in [6.07, 6.45) is 4.65. The van der Waals surface area contributed by atoms with Crippen LogP contribution in [-0.2, 0) is 0 Å². The van der Waals surface area contributed by atoms with Gasteiger partial charge in [0, 0.05) is 6.04 Å². The summed E-state index contributed by atoms with van der Waals surface area (Å²) < 4.78 is 5.75. The third-order valence-corrected chi connectivity index (χ3v) is 4.13. The van der Waals surface area contributed by atoms with Crippen LogP contribution in [0.5, 0.6) is 5.75 Å². The molecule has 1 aromatic rings. The number of nitrogens with one attached hydrogen (secondary N) is 2. The van der Waals surface area contributed by atoms with Crippen molar-refractivity contribution < 1.29 is 9.53 Å². The molecular formula is C17H26N2O2. The zero-order valence-corrected chi connectivity index (χ0v) is 13.3. The van der Waals surface area contributed by atoms with E-state index in [0.717, 1.165) is 24.2 Å². The maximum atomic E-state index is 11.7. The summed E-state index contributed by atoms with van der Waals surface area (Å²) in [5.41, 5.74) is 3.63. The summed E-state index contributed by atoms with van der Waals surface area (Å²) in [7, 11) is 0. The van der Waals surface area contributed by atoms with Crippen LogP contribution >= 0.6 is 0 Å².